The van der Waals surface area contributed by atoms with Gasteiger partial charge in [0.1, 0.15) is 25.6 Å². The second-order valence-electron chi connectivity index (χ2n) is 8.53. The first-order valence-corrected chi connectivity index (χ1v) is 11.4. The van der Waals surface area contributed by atoms with Gasteiger partial charge < -0.3 is 28.7 Å². The van der Waals surface area contributed by atoms with Gasteiger partial charge in [0, 0.05) is 19.2 Å². The summed E-state index contributed by atoms with van der Waals surface area (Å²) in [7, 11) is 0. The summed E-state index contributed by atoms with van der Waals surface area (Å²) in [5, 5.41) is 11.2. The first-order chi connectivity index (χ1) is 17.0. The molecule has 8 heteroatoms. The predicted molar refractivity (Wildman–Crippen MR) is 127 cm³/mol. The lowest BCUT2D eigenvalue weighted by Crippen LogP contribution is -2.46. The maximum Gasteiger partial charge on any atom is 0.410 e. The number of aliphatic hydroxyl groups excluding tert-OH is 1. The molecule has 0 aliphatic carbocycles. The Hall–Kier alpha value is -3.91. The van der Waals surface area contributed by atoms with Crippen LogP contribution in [0.2, 0.25) is 0 Å². The van der Waals surface area contributed by atoms with Gasteiger partial charge in [-0.15, -0.1) is 0 Å². The molecule has 1 atom stereocenters. The third kappa shape index (κ3) is 5.60. The van der Waals surface area contributed by atoms with Crippen molar-refractivity contribution in [1.82, 2.24) is 4.90 Å². The first-order valence-electron chi connectivity index (χ1n) is 11.4. The summed E-state index contributed by atoms with van der Waals surface area (Å²) < 4.78 is 16.6. The van der Waals surface area contributed by atoms with Crippen molar-refractivity contribution in [2.24, 2.45) is 5.41 Å². The number of benzene rings is 2. The number of aliphatic hydroxyl groups is 1. The molecule has 182 valence electrons. The summed E-state index contributed by atoms with van der Waals surface area (Å²) in [6.07, 6.45) is 0.301. The Balaban J connectivity index is 1.43. The van der Waals surface area contributed by atoms with Gasteiger partial charge in [-0.1, -0.05) is 60.7 Å². The Bertz CT molecular complexity index is 1180. The molecular formula is C27H27NO7. The number of carbonyl (C=O) groups is 2. The summed E-state index contributed by atoms with van der Waals surface area (Å²) >= 11 is 0. The number of nitrogens with zero attached hydrogens (tertiary/aromatic N) is 1. The van der Waals surface area contributed by atoms with Crippen LogP contribution in [0.25, 0.3) is 0 Å². The Morgan fingerprint density at radius 3 is 2.20 bits per heavy atom. The molecule has 2 aromatic carbocycles. The molecule has 1 saturated heterocycles. The molecule has 8 nitrogen and oxygen atoms in total. The summed E-state index contributed by atoms with van der Waals surface area (Å²) in [4.78, 5) is 38.7. The highest BCUT2D eigenvalue weighted by Crippen LogP contribution is 2.43. The van der Waals surface area contributed by atoms with E-state index in [9.17, 15) is 19.5 Å². The van der Waals surface area contributed by atoms with Crippen LogP contribution in [0.15, 0.2) is 82.2 Å². The fourth-order valence-corrected chi connectivity index (χ4v) is 4.11. The minimum atomic E-state index is -1.41. The largest absolute Gasteiger partial charge is 0.482 e. The molecule has 3 aromatic rings. The lowest BCUT2D eigenvalue weighted by Gasteiger charge is -2.40. The normalized spacial score (nSPS) is 15.7. The van der Waals surface area contributed by atoms with E-state index in [1.807, 2.05) is 60.7 Å². The van der Waals surface area contributed by atoms with Crippen molar-refractivity contribution in [3.8, 4) is 5.75 Å². The van der Waals surface area contributed by atoms with E-state index in [2.05, 4.69) is 0 Å². The fourth-order valence-electron chi connectivity index (χ4n) is 4.11. The Labute approximate surface area is 202 Å². The molecule has 1 fully saturated rings. The average molecular weight is 478 g/mol. The first kappa shape index (κ1) is 24.2. The number of aldehydes is 1. The molecule has 1 aromatic heterocycles. The number of carbonyl (C=O) groups excluding carboxylic acids is 2. The van der Waals surface area contributed by atoms with E-state index in [0.717, 1.165) is 11.1 Å². The number of rotatable bonds is 8. The number of piperidine rings is 1. The summed E-state index contributed by atoms with van der Waals surface area (Å²) in [6, 6.07) is 19.8. The SMILES string of the molecule is O=CC1(C(O)c2occc(=O)c2OCc2ccccc2)CCN(C(=O)OCc2ccccc2)CC1. The van der Waals surface area contributed by atoms with Crippen molar-refractivity contribution in [1.29, 1.82) is 0 Å². The highest BCUT2D eigenvalue weighted by Gasteiger charge is 2.45. The molecule has 2 heterocycles. The van der Waals surface area contributed by atoms with Crippen molar-refractivity contribution in [3.63, 3.8) is 0 Å². The number of hydrogen-bond donors (Lipinski definition) is 1. The van der Waals surface area contributed by atoms with Crippen LogP contribution in [0.5, 0.6) is 5.75 Å². The Kier molecular flexibility index (Phi) is 7.62. The second-order valence-corrected chi connectivity index (χ2v) is 8.53. The van der Waals surface area contributed by atoms with E-state index in [1.54, 1.807) is 0 Å². The summed E-state index contributed by atoms with van der Waals surface area (Å²) in [5.41, 5.74) is 0.0173. The number of likely N-dealkylation sites (tertiary alicyclic amines) is 1. The third-order valence-corrected chi connectivity index (χ3v) is 6.27. The van der Waals surface area contributed by atoms with Crippen molar-refractivity contribution in [2.45, 2.75) is 32.2 Å². The molecule has 4 rings (SSSR count). The van der Waals surface area contributed by atoms with Crippen LogP contribution in [0.4, 0.5) is 4.79 Å². The Morgan fingerprint density at radius 2 is 1.60 bits per heavy atom. The average Bonchev–Trinajstić information content (AvgIpc) is 2.91. The highest BCUT2D eigenvalue weighted by atomic mass is 16.6. The second kappa shape index (κ2) is 11.0. The van der Waals surface area contributed by atoms with Crippen LogP contribution in [0.1, 0.15) is 35.8 Å². The highest BCUT2D eigenvalue weighted by molar-refractivity contribution is 5.69. The standard InChI is InChI=1S/C27H27NO7/c29-19-27(12-14-28(15-13-27)26(32)35-18-21-9-5-2-6-10-21)25(31)24-23(22(30)11-16-33-24)34-17-20-7-3-1-4-8-20/h1-11,16,19,25,31H,12-15,17-18H2. The molecule has 0 radical (unpaired) electrons. The van der Waals surface area contributed by atoms with Gasteiger partial charge in [-0.2, -0.15) is 0 Å². The topological polar surface area (TPSA) is 106 Å². The molecule has 0 spiro atoms. The van der Waals surface area contributed by atoms with Gasteiger partial charge in [-0.05, 0) is 24.0 Å². The molecule has 1 aliphatic heterocycles. The maximum atomic E-state index is 12.5. The van der Waals surface area contributed by atoms with Crippen molar-refractivity contribution in [3.05, 3.63) is 100 Å². The lowest BCUT2D eigenvalue weighted by molar-refractivity contribution is -0.128. The molecule has 1 amide bonds. The smallest absolute Gasteiger partial charge is 0.410 e. The van der Waals surface area contributed by atoms with Crippen LogP contribution in [-0.4, -0.2) is 35.5 Å². The molecule has 1 aliphatic rings. The molecule has 1 N–H and O–H groups in total. The van der Waals surface area contributed by atoms with E-state index < -0.39 is 23.0 Å². The van der Waals surface area contributed by atoms with E-state index in [-0.39, 0.29) is 50.7 Å². The van der Waals surface area contributed by atoms with Crippen LogP contribution in [0, 0.1) is 5.41 Å². The van der Waals surface area contributed by atoms with E-state index in [4.69, 9.17) is 13.9 Å². The predicted octanol–water partition coefficient (Wildman–Crippen LogP) is 3.87. The van der Waals surface area contributed by atoms with Crippen molar-refractivity contribution < 1.29 is 28.6 Å². The number of amides is 1. The monoisotopic (exact) mass is 477 g/mol. The van der Waals surface area contributed by atoms with Gasteiger partial charge in [0.2, 0.25) is 11.2 Å². The number of ether oxygens (including phenoxy) is 2. The minimum Gasteiger partial charge on any atom is -0.482 e. The minimum absolute atomic E-state index is 0.0966. The van der Waals surface area contributed by atoms with Gasteiger partial charge >= 0.3 is 6.09 Å². The third-order valence-electron chi connectivity index (χ3n) is 6.27. The van der Waals surface area contributed by atoms with Crippen LogP contribution >= 0.6 is 0 Å². The van der Waals surface area contributed by atoms with Crippen molar-refractivity contribution in [2.75, 3.05) is 13.1 Å². The van der Waals surface area contributed by atoms with Crippen LogP contribution in [0.3, 0.4) is 0 Å². The molecule has 1 unspecified atom stereocenters. The molecule has 35 heavy (non-hydrogen) atoms. The van der Waals surface area contributed by atoms with E-state index >= 15 is 0 Å². The molecular weight excluding hydrogens is 450 g/mol. The van der Waals surface area contributed by atoms with Gasteiger partial charge in [-0.3, -0.25) is 4.79 Å². The van der Waals surface area contributed by atoms with E-state index in [1.165, 1.54) is 17.2 Å². The van der Waals surface area contributed by atoms with Gasteiger partial charge in [0.25, 0.3) is 0 Å². The van der Waals surface area contributed by atoms with Gasteiger partial charge in [0.15, 0.2) is 5.76 Å². The maximum absolute atomic E-state index is 12.5. The van der Waals surface area contributed by atoms with Gasteiger partial charge in [-0.25, -0.2) is 4.79 Å². The quantitative estimate of drug-likeness (QED) is 0.491. The zero-order valence-corrected chi connectivity index (χ0v) is 19.2. The van der Waals surface area contributed by atoms with Crippen LogP contribution in [-0.2, 0) is 22.7 Å². The van der Waals surface area contributed by atoms with E-state index in [0.29, 0.717) is 6.29 Å². The lowest BCUT2D eigenvalue weighted by atomic mass is 9.74. The summed E-state index contributed by atoms with van der Waals surface area (Å²) in [5.74, 6) is -0.226. The fraction of sp³-hybridized carbons (Fsp3) is 0.296. The van der Waals surface area contributed by atoms with Gasteiger partial charge in [0.05, 0.1) is 11.7 Å². The Morgan fingerprint density at radius 1 is 1.00 bits per heavy atom. The molecule has 0 bridgehead atoms. The summed E-state index contributed by atoms with van der Waals surface area (Å²) in [6.45, 7) is 0.667. The van der Waals surface area contributed by atoms with Crippen LogP contribution < -0.4 is 10.2 Å². The zero-order chi connectivity index (χ0) is 24.7. The number of hydrogen-bond acceptors (Lipinski definition) is 7. The zero-order valence-electron chi connectivity index (χ0n) is 19.2. The van der Waals surface area contributed by atoms with Crippen molar-refractivity contribution >= 4 is 12.4 Å². The molecule has 0 saturated carbocycles.